The first-order chi connectivity index (χ1) is 25.2. The van der Waals surface area contributed by atoms with E-state index in [0.717, 1.165) is 25.7 Å². The van der Waals surface area contributed by atoms with Crippen LogP contribution in [-0.2, 0) is 33.5 Å². The molecule has 9 atom stereocenters. The normalized spacial score (nSPS) is 30.4. The van der Waals surface area contributed by atoms with Gasteiger partial charge in [0.1, 0.15) is 17.9 Å². The molecule has 53 heavy (non-hydrogen) atoms. The van der Waals surface area contributed by atoms with E-state index in [1.165, 1.54) is 25.1 Å². The van der Waals surface area contributed by atoms with Crippen LogP contribution in [-0.4, -0.2) is 123 Å². The average Bonchev–Trinajstić information content (AvgIpc) is 3.64. The number of carbonyl (C=O) groups is 7. The number of phenolic OH excluding ortho intramolecular Hbond substituents is 1. The summed E-state index contributed by atoms with van der Waals surface area (Å²) in [5.41, 5.74) is 2.79. The molecule has 1 amide bonds. The van der Waals surface area contributed by atoms with E-state index in [1.54, 1.807) is 30.8 Å². The minimum Gasteiger partial charge on any atom is -0.507 e. The van der Waals surface area contributed by atoms with E-state index in [9.17, 15) is 43.8 Å². The van der Waals surface area contributed by atoms with Gasteiger partial charge in [-0.2, -0.15) is 11.8 Å². The summed E-state index contributed by atoms with van der Waals surface area (Å²) in [6.45, 7) is 1.70. The minimum atomic E-state index is -3.08. The second kappa shape index (κ2) is 16.8. The second-order valence-corrected chi connectivity index (χ2v) is 16.1. The second-order valence-electron chi connectivity index (χ2n) is 14.7. The smallest absolute Gasteiger partial charge is 0.320 e. The van der Waals surface area contributed by atoms with Gasteiger partial charge >= 0.3 is 11.9 Å². The number of Topliss-reactive ketones (excluding diaryl/α,β-unsaturated/α-hetero) is 4. The van der Waals surface area contributed by atoms with Crippen molar-refractivity contribution in [1.82, 2.24) is 15.5 Å². The van der Waals surface area contributed by atoms with Crippen LogP contribution >= 0.6 is 11.8 Å². The van der Waals surface area contributed by atoms with E-state index in [1.807, 2.05) is 0 Å². The van der Waals surface area contributed by atoms with Gasteiger partial charge in [-0.05, 0) is 58.0 Å². The number of phenols is 1. The number of thioether (sulfide) groups is 1. The van der Waals surface area contributed by atoms with Gasteiger partial charge in [0.25, 0.3) is 0 Å². The molecule has 16 heteroatoms. The zero-order chi connectivity index (χ0) is 38.8. The Morgan fingerprint density at radius 3 is 2.43 bits per heavy atom. The molecule has 5 rings (SSSR count). The van der Waals surface area contributed by atoms with Gasteiger partial charge in [0, 0.05) is 29.3 Å². The molecule has 0 aromatic heterocycles. The molecular weight excluding hydrogens is 708 g/mol. The molecular formula is C37H50N4O11S. The van der Waals surface area contributed by atoms with Crippen LogP contribution in [0.15, 0.2) is 18.2 Å². The Kier molecular flexibility index (Phi) is 12.8. The van der Waals surface area contributed by atoms with Crippen LogP contribution < -0.4 is 16.4 Å². The van der Waals surface area contributed by atoms with Gasteiger partial charge < -0.3 is 31.1 Å². The highest BCUT2D eigenvalue weighted by Crippen LogP contribution is 2.56. The number of unbranched alkanes of at least 4 members (excludes halogenated alkanes) is 1. The molecule has 0 spiro atoms. The number of aliphatic hydroxyl groups is 1. The van der Waals surface area contributed by atoms with Crippen molar-refractivity contribution in [2.75, 3.05) is 33.1 Å². The van der Waals surface area contributed by atoms with E-state index >= 15 is 0 Å². The Labute approximate surface area is 312 Å². The molecule has 0 bridgehead atoms. The summed E-state index contributed by atoms with van der Waals surface area (Å²) >= 11 is 1.66. The first kappa shape index (κ1) is 40.5. The van der Waals surface area contributed by atoms with Gasteiger partial charge in [0.05, 0.1) is 30.1 Å². The van der Waals surface area contributed by atoms with Crippen LogP contribution in [0.5, 0.6) is 5.75 Å². The Morgan fingerprint density at radius 1 is 1.09 bits per heavy atom. The number of hydrogen-bond acceptors (Lipinski definition) is 14. The third-order valence-corrected chi connectivity index (χ3v) is 12.8. The number of hydrogen-bond donors (Lipinski definition) is 6. The molecule has 290 valence electrons. The summed E-state index contributed by atoms with van der Waals surface area (Å²) in [4.78, 5) is 97.0. The van der Waals surface area contributed by atoms with Crippen LogP contribution in [0.1, 0.15) is 80.1 Å². The standard InChI is InChI=1S/C37H50N4O11S/c1-4-23(43)52-32-25-20(16-53-18-10-5-6-11-18)19-12-9-14-22(42)24(19)30(44)26(25)33(46)37(51)28(32)29(41(2)3)31(45)27(34(37)47)35(48)40-17-39-15-8-7-13-21(38)36(49)50/h9,12,14,18,20-21,25-29,32,39,42,51H,4-8,10-11,13,15-17,38H2,1-3H3,(H,40,48)(H,49,50)/t20-,21?,25+,26?,27?,28+,29-,32-,37-/m1/s1. The fourth-order valence-electron chi connectivity index (χ4n) is 8.67. The molecule has 0 heterocycles. The van der Waals surface area contributed by atoms with Crippen LogP contribution in [0.25, 0.3) is 0 Å². The number of rotatable bonds is 15. The van der Waals surface area contributed by atoms with Gasteiger partial charge in [-0.15, -0.1) is 0 Å². The number of amides is 1. The highest BCUT2D eigenvalue weighted by molar-refractivity contribution is 7.99. The molecule has 1 aromatic carbocycles. The van der Waals surface area contributed by atoms with Gasteiger partial charge in [-0.1, -0.05) is 38.3 Å². The fraction of sp³-hybridized carbons (Fsp3) is 0.649. The van der Waals surface area contributed by atoms with Crippen molar-refractivity contribution in [3.63, 3.8) is 0 Å². The first-order valence-electron chi connectivity index (χ1n) is 18.3. The monoisotopic (exact) mass is 758 g/mol. The maximum atomic E-state index is 14.8. The number of nitrogens with zero attached hydrogens (tertiary/aromatic N) is 1. The Hall–Kier alpha value is -3.70. The van der Waals surface area contributed by atoms with Gasteiger partial charge in [-0.25, -0.2) is 0 Å². The number of ether oxygens (including phenoxy) is 1. The molecule has 15 nitrogen and oxygen atoms in total. The van der Waals surface area contributed by atoms with Gasteiger partial charge in [-0.3, -0.25) is 43.8 Å². The summed E-state index contributed by atoms with van der Waals surface area (Å²) in [5, 5.41) is 38.1. The fourth-order valence-corrected chi connectivity index (χ4v) is 10.2. The molecule has 0 radical (unpaired) electrons. The number of likely N-dealkylation sites (N-methyl/N-ethyl adjacent to an activating group) is 1. The van der Waals surface area contributed by atoms with Crippen molar-refractivity contribution in [2.24, 2.45) is 29.4 Å². The molecule has 3 saturated carbocycles. The predicted octanol–water partition coefficient (Wildman–Crippen LogP) is 0.776. The van der Waals surface area contributed by atoms with Crippen LogP contribution in [0, 0.1) is 23.7 Å². The average molecular weight is 759 g/mol. The van der Waals surface area contributed by atoms with Crippen LogP contribution in [0.4, 0.5) is 0 Å². The lowest BCUT2D eigenvalue weighted by molar-refractivity contribution is -0.205. The summed E-state index contributed by atoms with van der Waals surface area (Å²) < 4.78 is 6.04. The van der Waals surface area contributed by atoms with Crippen molar-refractivity contribution in [2.45, 2.75) is 93.2 Å². The SMILES string of the molecule is CCC(=O)O[C@@H]1[C@@H]2C(C(=O)c3c(O)cccc3[C@H]2CSC2CCCC2)C(=O)[C@@]2(O)C(=O)C(C(=O)NCNCCCCC(N)C(=O)O)C(=O)[C@H](N(C)C)[C@@H]12. The molecule has 0 aliphatic heterocycles. The van der Waals surface area contributed by atoms with Gasteiger partial charge in [0.2, 0.25) is 5.91 Å². The van der Waals surface area contributed by atoms with E-state index in [4.69, 9.17) is 15.6 Å². The number of nitrogens with one attached hydrogen (secondary N) is 2. The first-order valence-corrected chi connectivity index (χ1v) is 19.4. The van der Waals surface area contributed by atoms with Crippen LogP contribution in [0.3, 0.4) is 0 Å². The number of carbonyl (C=O) groups excluding carboxylic acids is 6. The number of carboxylic acids is 1. The minimum absolute atomic E-state index is 0.101. The number of fused-ring (bicyclic) bond motifs is 3. The summed E-state index contributed by atoms with van der Waals surface area (Å²) in [5.74, 6) is -14.4. The lowest BCUT2D eigenvalue weighted by Crippen LogP contribution is -2.78. The van der Waals surface area contributed by atoms with E-state index in [0.29, 0.717) is 36.0 Å². The highest BCUT2D eigenvalue weighted by Gasteiger charge is 2.74. The third kappa shape index (κ3) is 7.66. The van der Waals surface area contributed by atoms with Crippen molar-refractivity contribution in [1.29, 1.82) is 0 Å². The zero-order valence-electron chi connectivity index (χ0n) is 30.2. The molecule has 0 saturated heterocycles. The molecule has 7 N–H and O–H groups in total. The summed E-state index contributed by atoms with van der Waals surface area (Å²) in [6.07, 6.45) is 3.78. The van der Waals surface area contributed by atoms with Gasteiger partial charge in [0.15, 0.2) is 34.7 Å². The van der Waals surface area contributed by atoms with Crippen molar-refractivity contribution >= 4 is 52.7 Å². The number of aromatic hydroxyl groups is 1. The molecule has 1 aromatic rings. The molecule has 3 unspecified atom stereocenters. The molecule has 4 aliphatic carbocycles. The van der Waals surface area contributed by atoms with Crippen molar-refractivity contribution < 1.29 is 53.6 Å². The van der Waals surface area contributed by atoms with Crippen molar-refractivity contribution in [3.8, 4) is 5.75 Å². The molecule has 3 fully saturated rings. The predicted molar refractivity (Wildman–Crippen MR) is 192 cm³/mol. The Bertz CT molecular complexity index is 1630. The summed E-state index contributed by atoms with van der Waals surface area (Å²) in [7, 11) is 2.99. The Morgan fingerprint density at radius 2 is 1.79 bits per heavy atom. The quantitative estimate of drug-likeness (QED) is 0.0627. The highest BCUT2D eigenvalue weighted by atomic mass is 32.2. The molecule has 4 aliphatic rings. The Balaban J connectivity index is 1.50. The van der Waals surface area contributed by atoms with E-state index < -0.39 is 94.4 Å². The van der Waals surface area contributed by atoms with Crippen molar-refractivity contribution in [3.05, 3.63) is 29.3 Å². The maximum absolute atomic E-state index is 14.8. The number of carboxylic acid groups (broad SMARTS) is 1. The lowest BCUT2D eigenvalue weighted by Gasteiger charge is -2.57. The number of nitrogens with two attached hydrogens (primary N) is 1. The summed E-state index contributed by atoms with van der Waals surface area (Å²) in [6, 6.07) is 2.15. The van der Waals surface area contributed by atoms with Crippen LogP contribution in [0.2, 0.25) is 0 Å². The number of ketones is 4. The van der Waals surface area contributed by atoms with E-state index in [-0.39, 0.29) is 30.8 Å². The van der Waals surface area contributed by atoms with E-state index in [2.05, 4.69) is 10.6 Å². The number of esters is 1. The number of benzene rings is 1. The third-order valence-electron chi connectivity index (χ3n) is 11.3. The maximum Gasteiger partial charge on any atom is 0.320 e. The largest absolute Gasteiger partial charge is 0.507 e. The number of aliphatic carboxylic acids is 1. The zero-order valence-corrected chi connectivity index (χ0v) is 31.1. The topological polar surface area (TPSA) is 243 Å². The lowest BCUT2D eigenvalue weighted by atomic mass is 9.49.